The lowest BCUT2D eigenvalue weighted by Gasteiger charge is -2.29. The van der Waals surface area contributed by atoms with E-state index in [0.717, 1.165) is 28.8 Å². The molecule has 0 spiro atoms. The Morgan fingerprint density at radius 3 is 3.00 bits per heavy atom. The number of benzene rings is 1. The van der Waals surface area contributed by atoms with Crippen LogP contribution in [0.5, 0.6) is 0 Å². The molecule has 2 aromatic heterocycles. The summed E-state index contributed by atoms with van der Waals surface area (Å²) in [5.74, 6) is -0.229. The van der Waals surface area contributed by atoms with Gasteiger partial charge in [-0.25, -0.2) is 9.49 Å². The average molecular weight is 374 g/mol. The molecule has 1 aromatic carbocycles. The van der Waals surface area contributed by atoms with Gasteiger partial charge < -0.3 is 4.90 Å². The Balaban J connectivity index is 1.59. The number of H-pyrrole nitrogens is 1. The third-order valence-electron chi connectivity index (χ3n) is 4.76. The second kappa shape index (κ2) is 6.57. The summed E-state index contributed by atoms with van der Waals surface area (Å²) in [5, 5.41) is 10.8. The number of aromatic nitrogens is 4. The van der Waals surface area contributed by atoms with Gasteiger partial charge in [0.05, 0.1) is 24.6 Å². The van der Waals surface area contributed by atoms with Crippen LogP contribution in [0.3, 0.4) is 0 Å². The third kappa shape index (κ3) is 2.99. The van der Waals surface area contributed by atoms with Crippen LogP contribution in [0, 0.1) is 12.7 Å². The Labute approximate surface area is 154 Å². The maximum Gasteiger partial charge on any atom is 0.285 e. The van der Waals surface area contributed by atoms with E-state index in [1.807, 2.05) is 22.7 Å². The molecule has 0 aliphatic carbocycles. The molecule has 8 heteroatoms. The number of anilines is 1. The van der Waals surface area contributed by atoms with Gasteiger partial charge in [-0.3, -0.25) is 9.48 Å². The quantitative estimate of drug-likeness (QED) is 0.766. The zero-order valence-electron chi connectivity index (χ0n) is 14.2. The minimum absolute atomic E-state index is 0.151. The minimum atomic E-state index is -0.391. The van der Waals surface area contributed by atoms with Gasteiger partial charge in [0.2, 0.25) is 0 Å². The van der Waals surface area contributed by atoms with Gasteiger partial charge in [-0.1, -0.05) is 17.7 Å². The fraction of sp³-hybridized carbons (Fsp3) is 0.278. The number of halogens is 2. The lowest BCUT2D eigenvalue weighted by molar-refractivity contribution is 0.606. The highest BCUT2D eigenvalue weighted by atomic mass is 35.5. The van der Waals surface area contributed by atoms with E-state index in [4.69, 9.17) is 11.6 Å². The summed E-state index contributed by atoms with van der Waals surface area (Å²) in [5.41, 5.74) is 4.43. The summed E-state index contributed by atoms with van der Waals surface area (Å²) in [6, 6.07) is 4.81. The summed E-state index contributed by atoms with van der Waals surface area (Å²) >= 11 is 6.12. The summed E-state index contributed by atoms with van der Waals surface area (Å²) in [7, 11) is 0. The average Bonchev–Trinajstić information content (AvgIpc) is 3.02. The fourth-order valence-electron chi connectivity index (χ4n) is 3.33. The van der Waals surface area contributed by atoms with Crippen LogP contribution < -0.4 is 10.5 Å². The lowest BCUT2D eigenvalue weighted by Crippen LogP contribution is -2.32. The van der Waals surface area contributed by atoms with Crippen molar-refractivity contribution in [2.24, 2.45) is 0 Å². The van der Waals surface area contributed by atoms with Crippen molar-refractivity contribution in [2.75, 3.05) is 11.4 Å². The second-order valence-corrected chi connectivity index (χ2v) is 6.79. The molecular weight excluding hydrogens is 357 g/mol. The van der Waals surface area contributed by atoms with Gasteiger partial charge in [0, 0.05) is 30.8 Å². The monoisotopic (exact) mass is 373 g/mol. The van der Waals surface area contributed by atoms with E-state index in [-0.39, 0.29) is 10.8 Å². The Kier molecular flexibility index (Phi) is 4.24. The van der Waals surface area contributed by atoms with Gasteiger partial charge in [0.25, 0.3) is 5.56 Å². The van der Waals surface area contributed by atoms with Crippen LogP contribution in [-0.4, -0.2) is 26.5 Å². The van der Waals surface area contributed by atoms with Crippen LogP contribution in [0.15, 0.2) is 35.4 Å². The molecule has 0 atom stereocenters. The van der Waals surface area contributed by atoms with Crippen molar-refractivity contribution in [3.05, 3.63) is 74.2 Å². The highest BCUT2D eigenvalue weighted by molar-refractivity contribution is 6.32. The van der Waals surface area contributed by atoms with Crippen molar-refractivity contribution in [3.63, 3.8) is 0 Å². The van der Waals surface area contributed by atoms with E-state index in [1.165, 1.54) is 12.1 Å². The molecule has 0 fully saturated rings. The molecule has 0 amide bonds. The molecule has 26 heavy (non-hydrogen) atoms. The molecule has 0 unspecified atom stereocenters. The number of hydrogen-bond donors (Lipinski definition) is 1. The smallest absolute Gasteiger partial charge is 0.285 e. The molecule has 3 heterocycles. The normalized spacial score (nSPS) is 13.7. The molecule has 1 aliphatic rings. The molecule has 0 radical (unpaired) electrons. The van der Waals surface area contributed by atoms with Crippen molar-refractivity contribution < 1.29 is 4.39 Å². The minimum Gasteiger partial charge on any atom is -0.364 e. The van der Waals surface area contributed by atoms with Gasteiger partial charge in [-0.15, -0.1) is 0 Å². The molecule has 4 rings (SSSR count). The molecule has 0 saturated heterocycles. The molecular formula is C18H17ClFN5O. The first kappa shape index (κ1) is 16.8. The number of nitrogens with one attached hydrogen (secondary N) is 1. The maximum atomic E-state index is 13.3. The number of aryl methyl sites for hydroxylation is 1. The zero-order valence-corrected chi connectivity index (χ0v) is 14.9. The van der Waals surface area contributed by atoms with Crippen LogP contribution in [-0.2, 0) is 19.5 Å². The Morgan fingerprint density at radius 1 is 1.35 bits per heavy atom. The van der Waals surface area contributed by atoms with Crippen LogP contribution in [0.1, 0.15) is 22.4 Å². The first-order valence-electron chi connectivity index (χ1n) is 8.29. The zero-order chi connectivity index (χ0) is 18.3. The number of nitrogens with zero attached hydrogens (tertiary/aromatic N) is 4. The predicted molar refractivity (Wildman–Crippen MR) is 97.1 cm³/mol. The van der Waals surface area contributed by atoms with E-state index in [1.54, 1.807) is 12.3 Å². The molecule has 6 nitrogen and oxygen atoms in total. The molecule has 134 valence electrons. The Morgan fingerprint density at radius 2 is 2.19 bits per heavy atom. The first-order valence-corrected chi connectivity index (χ1v) is 8.67. The van der Waals surface area contributed by atoms with Crippen LogP contribution in [0.4, 0.5) is 10.1 Å². The second-order valence-electron chi connectivity index (χ2n) is 6.41. The number of hydrogen-bond acceptors (Lipinski definition) is 4. The number of fused-ring (bicyclic) bond motifs is 1. The predicted octanol–water partition coefficient (Wildman–Crippen LogP) is 2.68. The van der Waals surface area contributed by atoms with Crippen LogP contribution in [0.25, 0.3) is 0 Å². The lowest BCUT2D eigenvalue weighted by atomic mass is 10.1. The van der Waals surface area contributed by atoms with Gasteiger partial charge in [0.15, 0.2) is 0 Å². The van der Waals surface area contributed by atoms with Crippen molar-refractivity contribution in [1.82, 2.24) is 20.0 Å². The van der Waals surface area contributed by atoms with E-state index < -0.39 is 5.56 Å². The van der Waals surface area contributed by atoms with Gasteiger partial charge >= 0.3 is 0 Å². The number of rotatable bonds is 3. The standard InChI is InChI=1S/C18H17ClFN5O/c1-11-6-14(20)3-2-12(11)10-25-15-4-5-24(9-13(15)7-22-25)16-8-21-23-18(26)17(16)19/h2-3,6-8H,4-5,9-10H2,1H3,(H,23,26). The maximum absolute atomic E-state index is 13.3. The largest absolute Gasteiger partial charge is 0.364 e. The van der Waals surface area contributed by atoms with Crippen molar-refractivity contribution >= 4 is 17.3 Å². The van der Waals surface area contributed by atoms with Gasteiger partial charge in [-0.05, 0) is 30.2 Å². The highest BCUT2D eigenvalue weighted by Gasteiger charge is 2.23. The van der Waals surface area contributed by atoms with Crippen molar-refractivity contribution in [3.8, 4) is 0 Å². The summed E-state index contributed by atoms with van der Waals surface area (Å²) < 4.78 is 15.3. The van der Waals surface area contributed by atoms with Crippen molar-refractivity contribution in [2.45, 2.75) is 26.4 Å². The molecule has 1 N–H and O–H groups in total. The summed E-state index contributed by atoms with van der Waals surface area (Å²) in [6.07, 6.45) is 4.19. The van der Waals surface area contributed by atoms with Gasteiger partial charge in [-0.2, -0.15) is 10.2 Å². The molecule has 0 bridgehead atoms. The topological polar surface area (TPSA) is 66.8 Å². The van der Waals surface area contributed by atoms with Gasteiger partial charge in [0.1, 0.15) is 10.8 Å². The fourth-order valence-corrected chi connectivity index (χ4v) is 3.54. The van der Waals surface area contributed by atoms with Crippen LogP contribution in [0.2, 0.25) is 5.02 Å². The molecule has 3 aromatic rings. The van der Waals surface area contributed by atoms with Crippen molar-refractivity contribution in [1.29, 1.82) is 0 Å². The molecule has 0 saturated carbocycles. The number of aromatic amines is 1. The summed E-state index contributed by atoms with van der Waals surface area (Å²) in [6.45, 7) is 3.83. The Bertz CT molecular complexity index is 1030. The summed E-state index contributed by atoms with van der Waals surface area (Å²) in [4.78, 5) is 13.7. The first-order chi connectivity index (χ1) is 12.5. The van der Waals surface area contributed by atoms with E-state index >= 15 is 0 Å². The van der Waals surface area contributed by atoms with E-state index in [2.05, 4.69) is 15.3 Å². The van der Waals surface area contributed by atoms with Crippen LogP contribution >= 0.6 is 11.6 Å². The Hall–Kier alpha value is -2.67. The SMILES string of the molecule is Cc1cc(F)ccc1Cn1ncc2c1CCN(c1cn[nH]c(=O)c1Cl)C2. The third-order valence-corrected chi connectivity index (χ3v) is 5.12. The highest BCUT2D eigenvalue weighted by Crippen LogP contribution is 2.27. The van der Waals surface area contributed by atoms with E-state index in [9.17, 15) is 9.18 Å². The molecule has 1 aliphatic heterocycles. The van der Waals surface area contributed by atoms with E-state index in [0.29, 0.717) is 25.3 Å².